The molecule has 1 amide bonds. The molecule has 0 aromatic carbocycles. The standard InChI is InChI=1S/C19H37NO/c1-2-3-4-5-6-7-8-9-12-17-20-19(21)16-15-18-13-10-11-14-18/h18H,2-17H2,1H3,(H,20,21). The SMILES string of the molecule is CCCCCCCCCCCNC(=O)CCC1CCCC1. The summed E-state index contributed by atoms with van der Waals surface area (Å²) in [6.45, 7) is 3.15. The molecule has 2 nitrogen and oxygen atoms in total. The molecule has 0 atom stereocenters. The topological polar surface area (TPSA) is 29.1 Å². The Labute approximate surface area is 132 Å². The van der Waals surface area contributed by atoms with Gasteiger partial charge < -0.3 is 5.32 Å². The maximum absolute atomic E-state index is 11.7. The Morgan fingerprint density at radius 2 is 1.48 bits per heavy atom. The van der Waals surface area contributed by atoms with Gasteiger partial charge in [0.2, 0.25) is 5.91 Å². The Hall–Kier alpha value is -0.530. The lowest BCUT2D eigenvalue weighted by Gasteiger charge is -2.09. The summed E-state index contributed by atoms with van der Waals surface area (Å²) in [4.78, 5) is 11.7. The van der Waals surface area contributed by atoms with Gasteiger partial charge in [-0.1, -0.05) is 84.0 Å². The summed E-state index contributed by atoms with van der Waals surface area (Å²) in [6, 6.07) is 0. The molecule has 0 bridgehead atoms. The van der Waals surface area contributed by atoms with Crippen LogP contribution in [0.25, 0.3) is 0 Å². The molecule has 1 aliphatic carbocycles. The minimum Gasteiger partial charge on any atom is -0.356 e. The molecule has 21 heavy (non-hydrogen) atoms. The van der Waals surface area contributed by atoms with E-state index in [0.717, 1.165) is 31.7 Å². The van der Waals surface area contributed by atoms with E-state index in [1.165, 1.54) is 77.0 Å². The molecule has 0 aliphatic heterocycles. The number of carbonyl (C=O) groups excluding carboxylic acids is 1. The van der Waals surface area contributed by atoms with Gasteiger partial charge in [0.1, 0.15) is 0 Å². The Kier molecular flexibility index (Phi) is 11.6. The van der Waals surface area contributed by atoms with Gasteiger partial charge in [0, 0.05) is 13.0 Å². The molecule has 1 N–H and O–H groups in total. The minimum absolute atomic E-state index is 0.279. The van der Waals surface area contributed by atoms with Crippen molar-refractivity contribution in [3.8, 4) is 0 Å². The molecule has 0 aromatic rings. The van der Waals surface area contributed by atoms with Crippen molar-refractivity contribution in [1.29, 1.82) is 0 Å². The molecular formula is C19H37NO. The molecular weight excluding hydrogens is 258 g/mol. The van der Waals surface area contributed by atoms with E-state index >= 15 is 0 Å². The van der Waals surface area contributed by atoms with Gasteiger partial charge in [-0.3, -0.25) is 4.79 Å². The summed E-state index contributed by atoms with van der Waals surface area (Å²) in [5.74, 6) is 1.12. The molecule has 1 rings (SSSR count). The summed E-state index contributed by atoms with van der Waals surface area (Å²) >= 11 is 0. The van der Waals surface area contributed by atoms with Gasteiger partial charge >= 0.3 is 0 Å². The van der Waals surface area contributed by atoms with E-state index in [2.05, 4.69) is 12.2 Å². The predicted molar refractivity (Wildman–Crippen MR) is 91.4 cm³/mol. The highest BCUT2D eigenvalue weighted by atomic mass is 16.1. The first-order valence-electron chi connectivity index (χ1n) is 9.59. The predicted octanol–water partition coefficient (Wildman–Crippen LogP) is 5.60. The van der Waals surface area contributed by atoms with Crippen molar-refractivity contribution in [3.63, 3.8) is 0 Å². The maximum atomic E-state index is 11.7. The second-order valence-corrected chi connectivity index (χ2v) is 6.87. The molecule has 1 aliphatic rings. The summed E-state index contributed by atoms with van der Waals surface area (Å²) in [7, 11) is 0. The highest BCUT2D eigenvalue weighted by Gasteiger charge is 2.15. The number of hydrogen-bond acceptors (Lipinski definition) is 1. The lowest BCUT2D eigenvalue weighted by Crippen LogP contribution is -2.24. The van der Waals surface area contributed by atoms with Gasteiger partial charge in [-0.25, -0.2) is 0 Å². The molecule has 2 heteroatoms. The van der Waals surface area contributed by atoms with E-state index in [1.807, 2.05) is 0 Å². The molecule has 1 saturated carbocycles. The van der Waals surface area contributed by atoms with Crippen molar-refractivity contribution in [2.75, 3.05) is 6.54 Å². The highest BCUT2D eigenvalue weighted by molar-refractivity contribution is 5.75. The van der Waals surface area contributed by atoms with Crippen molar-refractivity contribution in [3.05, 3.63) is 0 Å². The highest BCUT2D eigenvalue weighted by Crippen LogP contribution is 2.28. The van der Waals surface area contributed by atoms with E-state index in [0.29, 0.717) is 0 Å². The van der Waals surface area contributed by atoms with Gasteiger partial charge in [0.25, 0.3) is 0 Å². The van der Waals surface area contributed by atoms with Crippen LogP contribution in [0, 0.1) is 5.92 Å². The van der Waals surface area contributed by atoms with Crippen molar-refractivity contribution in [2.24, 2.45) is 5.92 Å². The lowest BCUT2D eigenvalue weighted by molar-refractivity contribution is -0.121. The average molecular weight is 296 g/mol. The second-order valence-electron chi connectivity index (χ2n) is 6.87. The summed E-state index contributed by atoms with van der Waals surface area (Å²) < 4.78 is 0. The van der Waals surface area contributed by atoms with Crippen LogP contribution in [-0.4, -0.2) is 12.5 Å². The summed E-state index contributed by atoms with van der Waals surface area (Å²) in [6.07, 6.45) is 19.4. The van der Waals surface area contributed by atoms with E-state index < -0.39 is 0 Å². The quantitative estimate of drug-likeness (QED) is 0.440. The number of amides is 1. The van der Waals surface area contributed by atoms with Crippen molar-refractivity contribution >= 4 is 5.91 Å². The van der Waals surface area contributed by atoms with Crippen LogP contribution in [0.15, 0.2) is 0 Å². The maximum Gasteiger partial charge on any atom is 0.220 e. The normalized spacial score (nSPS) is 15.5. The third-order valence-electron chi connectivity index (χ3n) is 4.86. The van der Waals surface area contributed by atoms with Crippen molar-refractivity contribution in [1.82, 2.24) is 5.32 Å². The number of nitrogens with one attached hydrogen (secondary N) is 1. The van der Waals surface area contributed by atoms with Crippen molar-refractivity contribution < 1.29 is 4.79 Å². The average Bonchev–Trinajstić information content (AvgIpc) is 3.00. The summed E-state index contributed by atoms with van der Waals surface area (Å²) in [5, 5.41) is 3.09. The van der Waals surface area contributed by atoms with Gasteiger partial charge in [0.15, 0.2) is 0 Å². The first kappa shape index (κ1) is 18.5. The molecule has 0 radical (unpaired) electrons. The van der Waals surface area contributed by atoms with E-state index in [-0.39, 0.29) is 5.91 Å². The van der Waals surface area contributed by atoms with E-state index in [1.54, 1.807) is 0 Å². The van der Waals surface area contributed by atoms with Crippen molar-refractivity contribution in [2.45, 2.75) is 103 Å². The first-order valence-corrected chi connectivity index (χ1v) is 9.59. The third-order valence-corrected chi connectivity index (χ3v) is 4.86. The number of rotatable bonds is 13. The monoisotopic (exact) mass is 295 g/mol. The zero-order valence-corrected chi connectivity index (χ0v) is 14.3. The fourth-order valence-electron chi connectivity index (χ4n) is 3.39. The Morgan fingerprint density at radius 1 is 0.905 bits per heavy atom. The Bertz CT molecular complexity index is 246. The number of hydrogen-bond donors (Lipinski definition) is 1. The van der Waals surface area contributed by atoms with Crippen LogP contribution in [-0.2, 0) is 4.79 Å². The molecule has 0 unspecified atom stereocenters. The summed E-state index contributed by atoms with van der Waals surface area (Å²) in [5.41, 5.74) is 0. The van der Waals surface area contributed by atoms with Crippen LogP contribution in [0.5, 0.6) is 0 Å². The third kappa shape index (κ3) is 10.8. The van der Waals surface area contributed by atoms with E-state index in [9.17, 15) is 4.79 Å². The largest absolute Gasteiger partial charge is 0.356 e. The zero-order valence-electron chi connectivity index (χ0n) is 14.3. The Balaban J connectivity index is 1.77. The first-order chi connectivity index (χ1) is 10.3. The van der Waals surface area contributed by atoms with Crippen LogP contribution in [0.2, 0.25) is 0 Å². The number of carbonyl (C=O) groups is 1. The Morgan fingerprint density at radius 3 is 2.10 bits per heavy atom. The molecule has 0 heterocycles. The van der Waals surface area contributed by atoms with Crippen LogP contribution in [0.3, 0.4) is 0 Å². The van der Waals surface area contributed by atoms with Crippen LogP contribution in [0.1, 0.15) is 103 Å². The van der Waals surface area contributed by atoms with Gasteiger partial charge in [-0.2, -0.15) is 0 Å². The fraction of sp³-hybridized carbons (Fsp3) is 0.947. The zero-order chi connectivity index (χ0) is 15.2. The van der Waals surface area contributed by atoms with Gasteiger partial charge in [-0.05, 0) is 18.8 Å². The fourth-order valence-corrected chi connectivity index (χ4v) is 3.39. The number of unbranched alkanes of at least 4 members (excludes halogenated alkanes) is 8. The van der Waals surface area contributed by atoms with Gasteiger partial charge in [-0.15, -0.1) is 0 Å². The van der Waals surface area contributed by atoms with E-state index in [4.69, 9.17) is 0 Å². The van der Waals surface area contributed by atoms with Crippen LogP contribution >= 0.6 is 0 Å². The lowest BCUT2D eigenvalue weighted by atomic mass is 10.0. The molecule has 124 valence electrons. The smallest absolute Gasteiger partial charge is 0.220 e. The molecule has 0 saturated heterocycles. The molecule has 1 fully saturated rings. The molecule has 0 spiro atoms. The van der Waals surface area contributed by atoms with Crippen LogP contribution < -0.4 is 5.32 Å². The van der Waals surface area contributed by atoms with Crippen LogP contribution in [0.4, 0.5) is 0 Å². The second kappa shape index (κ2) is 13.2. The van der Waals surface area contributed by atoms with Gasteiger partial charge in [0.05, 0.1) is 0 Å². The minimum atomic E-state index is 0.279. The molecule has 0 aromatic heterocycles.